The van der Waals surface area contributed by atoms with Crippen LogP contribution in [0.15, 0.2) is 11.8 Å². The van der Waals surface area contributed by atoms with E-state index in [1.54, 1.807) is 6.92 Å². The zero-order valence-electron chi connectivity index (χ0n) is 6.14. The van der Waals surface area contributed by atoms with E-state index in [9.17, 15) is 4.79 Å². The van der Waals surface area contributed by atoms with E-state index in [0.29, 0.717) is 5.57 Å². The molecule has 2 nitrogen and oxygen atoms in total. The first kappa shape index (κ1) is 8.21. The van der Waals surface area contributed by atoms with Crippen LogP contribution >= 0.6 is 0 Å². The third-order valence-corrected chi connectivity index (χ3v) is 1.16. The van der Waals surface area contributed by atoms with E-state index in [1.807, 2.05) is 13.8 Å². The second-order valence-electron chi connectivity index (χ2n) is 2.37. The summed E-state index contributed by atoms with van der Waals surface area (Å²) in [7, 11) is 0. The summed E-state index contributed by atoms with van der Waals surface area (Å²) in [5, 5.41) is 0. The monoisotopic (exact) mass is 127 g/mol. The van der Waals surface area contributed by atoms with Crippen molar-refractivity contribution in [2.24, 2.45) is 11.7 Å². The Morgan fingerprint density at radius 1 is 1.56 bits per heavy atom. The number of carbonyl (C=O) groups excluding carboxylic acids is 1. The smallest absolute Gasteiger partial charge is 0.162 e. The molecule has 0 aromatic heterocycles. The Labute approximate surface area is 55.7 Å². The molecule has 2 N–H and O–H groups in total. The van der Waals surface area contributed by atoms with Crippen LogP contribution in [0.25, 0.3) is 0 Å². The van der Waals surface area contributed by atoms with Crippen LogP contribution in [-0.4, -0.2) is 5.78 Å². The molecule has 0 radical (unpaired) electrons. The maximum atomic E-state index is 10.9. The van der Waals surface area contributed by atoms with Gasteiger partial charge in [0.15, 0.2) is 5.78 Å². The van der Waals surface area contributed by atoms with Gasteiger partial charge in [0.25, 0.3) is 0 Å². The van der Waals surface area contributed by atoms with Crippen LogP contribution < -0.4 is 5.73 Å². The lowest BCUT2D eigenvalue weighted by Crippen LogP contribution is -2.09. The Bertz CT molecular complexity index is 136. The van der Waals surface area contributed by atoms with Crippen molar-refractivity contribution < 1.29 is 4.79 Å². The van der Waals surface area contributed by atoms with Crippen LogP contribution in [0.4, 0.5) is 0 Å². The summed E-state index contributed by atoms with van der Waals surface area (Å²) in [6.07, 6.45) is 1.35. The summed E-state index contributed by atoms with van der Waals surface area (Å²) in [6, 6.07) is 0. The molecular formula is C7H13NO. The van der Waals surface area contributed by atoms with Crippen molar-refractivity contribution in [1.29, 1.82) is 0 Å². The maximum Gasteiger partial charge on any atom is 0.162 e. The van der Waals surface area contributed by atoms with Gasteiger partial charge in [-0.25, -0.2) is 0 Å². The molecule has 52 valence electrons. The molecule has 0 aromatic carbocycles. The van der Waals surface area contributed by atoms with Gasteiger partial charge in [-0.1, -0.05) is 13.8 Å². The number of rotatable bonds is 2. The Morgan fingerprint density at radius 2 is 2.00 bits per heavy atom. The predicted molar refractivity (Wildman–Crippen MR) is 37.8 cm³/mol. The van der Waals surface area contributed by atoms with Crippen LogP contribution in [0.3, 0.4) is 0 Å². The van der Waals surface area contributed by atoms with Crippen molar-refractivity contribution in [3.05, 3.63) is 11.8 Å². The minimum Gasteiger partial charge on any atom is -0.404 e. The Morgan fingerprint density at radius 3 is 2.11 bits per heavy atom. The van der Waals surface area contributed by atoms with Gasteiger partial charge in [-0.3, -0.25) is 4.79 Å². The van der Waals surface area contributed by atoms with Crippen LogP contribution in [0.1, 0.15) is 20.8 Å². The van der Waals surface area contributed by atoms with Crippen LogP contribution in [0.5, 0.6) is 0 Å². The van der Waals surface area contributed by atoms with Crippen molar-refractivity contribution in [3.8, 4) is 0 Å². The molecule has 0 spiro atoms. The number of hydrogen-bond acceptors (Lipinski definition) is 2. The van der Waals surface area contributed by atoms with Gasteiger partial charge in [0.05, 0.1) is 0 Å². The fourth-order valence-electron chi connectivity index (χ4n) is 0.537. The number of Topliss-reactive ketones (excluding diaryl/α,β-unsaturated/α-hetero) is 1. The van der Waals surface area contributed by atoms with Crippen molar-refractivity contribution >= 4 is 5.78 Å². The van der Waals surface area contributed by atoms with Crippen LogP contribution in [0, 0.1) is 5.92 Å². The van der Waals surface area contributed by atoms with E-state index in [-0.39, 0.29) is 11.7 Å². The summed E-state index contributed by atoms with van der Waals surface area (Å²) in [5.41, 5.74) is 5.77. The number of allylic oxidation sites excluding steroid dienone is 1. The summed E-state index contributed by atoms with van der Waals surface area (Å²) in [5.74, 6) is 0.183. The standard InChI is InChI=1S/C7H13NO/c1-5(2)7(9)6(3)4-8/h4-5H,8H2,1-3H3. The Kier molecular flexibility index (Phi) is 2.99. The van der Waals surface area contributed by atoms with Gasteiger partial charge in [-0.2, -0.15) is 0 Å². The minimum absolute atomic E-state index is 0.0600. The van der Waals surface area contributed by atoms with E-state index >= 15 is 0 Å². The number of hydrogen-bond donors (Lipinski definition) is 1. The third kappa shape index (κ3) is 2.31. The highest BCUT2D eigenvalue weighted by Crippen LogP contribution is 2.02. The largest absolute Gasteiger partial charge is 0.404 e. The quantitative estimate of drug-likeness (QED) is 0.564. The molecular weight excluding hydrogens is 114 g/mol. The zero-order chi connectivity index (χ0) is 7.44. The van der Waals surface area contributed by atoms with Gasteiger partial charge < -0.3 is 5.73 Å². The molecule has 0 fully saturated rings. The van der Waals surface area contributed by atoms with Gasteiger partial charge in [0, 0.05) is 17.7 Å². The fourth-order valence-corrected chi connectivity index (χ4v) is 0.537. The van der Waals surface area contributed by atoms with E-state index in [2.05, 4.69) is 0 Å². The first-order chi connectivity index (χ1) is 4.09. The highest BCUT2D eigenvalue weighted by molar-refractivity contribution is 5.95. The van der Waals surface area contributed by atoms with E-state index < -0.39 is 0 Å². The molecule has 0 aromatic rings. The second kappa shape index (κ2) is 3.28. The topological polar surface area (TPSA) is 43.1 Å². The van der Waals surface area contributed by atoms with Crippen molar-refractivity contribution in [2.75, 3.05) is 0 Å². The molecule has 0 aliphatic carbocycles. The van der Waals surface area contributed by atoms with Gasteiger partial charge in [0.2, 0.25) is 0 Å². The van der Waals surface area contributed by atoms with E-state index in [1.165, 1.54) is 6.20 Å². The second-order valence-corrected chi connectivity index (χ2v) is 2.37. The zero-order valence-corrected chi connectivity index (χ0v) is 6.14. The Balaban J connectivity index is 4.06. The fraction of sp³-hybridized carbons (Fsp3) is 0.571. The molecule has 0 amide bonds. The first-order valence-electron chi connectivity index (χ1n) is 3.02. The number of carbonyl (C=O) groups is 1. The van der Waals surface area contributed by atoms with Crippen molar-refractivity contribution in [1.82, 2.24) is 0 Å². The van der Waals surface area contributed by atoms with Crippen molar-refractivity contribution in [2.45, 2.75) is 20.8 Å². The molecule has 0 atom stereocenters. The molecule has 0 saturated heterocycles. The Hall–Kier alpha value is -0.790. The van der Waals surface area contributed by atoms with Crippen LogP contribution in [0.2, 0.25) is 0 Å². The lowest BCUT2D eigenvalue weighted by Gasteiger charge is -2.01. The molecule has 0 heterocycles. The average molecular weight is 127 g/mol. The third-order valence-electron chi connectivity index (χ3n) is 1.16. The lowest BCUT2D eigenvalue weighted by atomic mass is 10.0. The molecule has 0 aliphatic rings. The molecule has 0 rings (SSSR count). The molecule has 0 aliphatic heterocycles. The predicted octanol–water partition coefficient (Wildman–Crippen LogP) is 1.07. The molecule has 2 heteroatoms. The normalized spacial score (nSPS) is 12.2. The highest BCUT2D eigenvalue weighted by atomic mass is 16.1. The lowest BCUT2D eigenvalue weighted by molar-refractivity contribution is -0.118. The molecule has 9 heavy (non-hydrogen) atoms. The minimum atomic E-state index is 0.0600. The van der Waals surface area contributed by atoms with Crippen LogP contribution in [-0.2, 0) is 4.79 Å². The number of ketones is 1. The van der Waals surface area contributed by atoms with Gasteiger partial charge >= 0.3 is 0 Å². The highest BCUT2D eigenvalue weighted by Gasteiger charge is 2.07. The molecule has 0 unspecified atom stereocenters. The summed E-state index contributed by atoms with van der Waals surface area (Å²) < 4.78 is 0. The van der Waals surface area contributed by atoms with Gasteiger partial charge in [-0.15, -0.1) is 0 Å². The van der Waals surface area contributed by atoms with Crippen molar-refractivity contribution in [3.63, 3.8) is 0 Å². The van der Waals surface area contributed by atoms with E-state index in [4.69, 9.17) is 5.73 Å². The van der Waals surface area contributed by atoms with Gasteiger partial charge in [0.1, 0.15) is 0 Å². The molecule has 0 bridgehead atoms. The summed E-state index contributed by atoms with van der Waals surface area (Å²) >= 11 is 0. The average Bonchev–Trinajstić information content (AvgIpc) is 1.84. The maximum absolute atomic E-state index is 10.9. The summed E-state index contributed by atoms with van der Waals surface area (Å²) in [4.78, 5) is 10.9. The SMILES string of the molecule is CC(=CN)C(=O)C(C)C. The first-order valence-corrected chi connectivity index (χ1v) is 3.02. The van der Waals surface area contributed by atoms with E-state index in [0.717, 1.165) is 0 Å². The molecule has 0 saturated carbocycles. The number of nitrogens with two attached hydrogens (primary N) is 1. The summed E-state index contributed by atoms with van der Waals surface area (Å²) in [6.45, 7) is 5.44. The van der Waals surface area contributed by atoms with Gasteiger partial charge in [-0.05, 0) is 6.92 Å².